The average molecular weight is 328 g/mol. The Bertz CT molecular complexity index is 986. The van der Waals surface area contributed by atoms with Crippen molar-refractivity contribution in [2.45, 2.75) is 0 Å². The van der Waals surface area contributed by atoms with Gasteiger partial charge in [-0.2, -0.15) is 0 Å². The van der Waals surface area contributed by atoms with Gasteiger partial charge in [0.25, 0.3) is 0 Å². The molecule has 0 bridgehead atoms. The molecule has 4 nitrogen and oxygen atoms in total. The molecule has 2 aromatic carbocycles. The van der Waals surface area contributed by atoms with Gasteiger partial charge in [0.15, 0.2) is 0 Å². The molecule has 0 unspecified atom stereocenters. The Hall–Kier alpha value is -3.27. The summed E-state index contributed by atoms with van der Waals surface area (Å²) in [5.41, 5.74) is 5.17. The van der Waals surface area contributed by atoms with Crippen LogP contribution in [0, 0.1) is 0 Å². The lowest BCUT2D eigenvalue weighted by Gasteiger charge is -2.13. The van der Waals surface area contributed by atoms with Gasteiger partial charge >= 0.3 is 0 Å². The molecular formula is C21H20N4. The number of hydrogen-bond acceptors (Lipinski definition) is 3. The van der Waals surface area contributed by atoms with Gasteiger partial charge in [0.2, 0.25) is 0 Å². The van der Waals surface area contributed by atoms with Crippen molar-refractivity contribution in [3.05, 3.63) is 79.0 Å². The van der Waals surface area contributed by atoms with Crippen LogP contribution in [0.15, 0.2) is 79.0 Å². The van der Waals surface area contributed by atoms with Crippen LogP contribution in [0.3, 0.4) is 0 Å². The van der Waals surface area contributed by atoms with Crippen molar-refractivity contribution in [1.82, 2.24) is 9.38 Å². The van der Waals surface area contributed by atoms with E-state index in [1.54, 1.807) is 0 Å². The number of nitrogens with one attached hydrogen (secondary N) is 1. The van der Waals surface area contributed by atoms with E-state index in [1.807, 2.05) is 56.7 Å². The molecule has 0 aliphatic carbocycles. The molecule has 4 aromatic rings. The van der Waals surface area contributed by atoms with Crippen LogP contribution < -0.4 is 10.2 Å². The lowest BCUT2D eigenvalue weighted by atomic mass is 10.1. The molecule has 0 aliphatic heterocycles. The minimum absolute atomic E-state index is 0.924. The first-order chi connectivity index (χ1) is 12.2. The molecule has 0 saturated carbocycles. The number of anilines is 3. The molecule has 124 valence electrons. The molecule has 0 saturated heterocycles. The van der Waals surface area contributed by atoms with Crippen LogP contribution in [0.2, 0.25) is 0 Å². The second-order valence-corrected chi connectivity index (χ2v) is 6.17. The maximum Gasteiger partial charge on any atom is 0.143 e. The fourth-order valence-corrected chi connectivity index (χ4v) is 2.89. The van der Waals surface area contributed by atoms with E-state index in [1.165, 1.54) is 5.69 Å². The van der Waals surface area contributed by atoms with Gasteiger partial charge in [-0.15, -0.1) is 0 Å². The summed E-state index contributed by atoms with van der Waals surface area (Å²) < 4.78 is 2.09. The Balaban J connectivity index is 1.83. The highest BCUT2D eigenvalue weighted by molar-refractivity contribution is 5.80. The Labute approximate surface area is 147 Å². The normalized spacial score (nSPS) is 10.8. The number of aromatic nitrogens is 2. The van der Waals surface area contributed by atoms with E-state index >= 15 is 0 Å². The first-order valence-corrected chi connectivity index (χ1v) is 8.29. The zero-order valence-electron chi connectivity index (χ0n) is 14.3. The van der Waals surface area contributed by atoms with Crippen LogP contribution >= 0.6 is 0 Å². The summed E-state index contributed by atoms with van der Waals surface area (Å²) in [5, 5.41) is 3.52. The van der Waals surface area contributed by atoms with Crippen LogP contribution in [0.4, 0.5) is 17.2 Å². The first-order valence-electron chi connectivity index (χ1n) is 8.29. The molecule has 1 N–H and O–H groups in total. The third-order valence-electron chi connectivity index (χ3n) is 4.22. The van der Waals surface area contributed by atoms with Gasteiger partial charge in [0.1, 0.15) is 17.2 Å². The van der Waals surface area contributed by atoms with Crippen molar-refractivity contribution in [2.75, 3.05) is 24.3 Å². The second-order valence-electron chi connectivity index (χ2n) is 6.17. The molecule has 0 atom stereocenters. The van der Waals surface area contributed by atoms with E-state index in [4.69, 9.17) is 4.98 Å². The molecule has 2 heterocycles. The summed E-state index contributed by atoms with van der Waals surface area (Å²) in [6.45, 7) is 0. The van der Waals surface area contributed by atoms with Crippen molar-refractivity contribution in [3.8, 4) is 11.3 Å². The van der Waals surface area contributed by atoms with Crippen molar-refractivity contribution >= 4 is 22.8 Å². The predicted octanol–water partition coefficient (Wildman–Crippen LogP) is 4.81. The second kappa shape index (κ2) is 6.32. The molecule has 4 heteroatoms. The topological polar surface area (TPSA) is 32.6 Å². The van der Waals surface area contributed by atoms with E-state index in [0.29, 0.717) is 0 Å². The molecule has 0 fully saturated rings. The number of fused-ring (bicyclic) bond motifs is 1. The lowest BCUT2D eigenvalue weighted by Crippen LogP contribution is -2.07. The highest BCUT2D eigenvalue weighted by Crippen LogP contribution is 2.31. The monoisotopic (exact) mass is 328 g/mol. The molecular weight excluding hydrogens is 308 g/mol. The fraction of sp³-hybridized carbons (Fsp3) is 0.0952. The van der Waals surface area contributed by atoms with Crippen molar-refractivity contribution in [1.29, 1.82) is 0 Å². The Morgan fingerprint density at radius 2 is 1.56 bits per heavy atom. The third kappa shape index (κ3) is 2.94. The fourth-order valence-electron chi connectivity index (χ4n) is 2.89. The van der Waals surface area contributed by atoms with Crippen molar-refractivity contribution in [3.63, 3.8) is 0 Å². The molecule has 0 aliphatic rings. The smallest absolute Gasteiger partial charge is 0.143 e. The average Bonchev–Trinajstić information content (AvgIpc) is 3.01. The molecule has 0 spiro atoms. The first kappa shape index (κ1) is 15.3. The summed E-state index contributed by atoms with van der Waals surface area (Å²) in [6, 6.07) is 24.7. The molecule has 0 amide bonds. The standard InChI is InChI=1S/C21H20N4/c1-24(2)18-13-11-16(12-14-18)20-21(22-17-8-4-3-5-9-17)25-15-7-6-10-19(25)23-20/h3-15,22H,1-2H3. The molecule has 0 radical (unpaired) electrons. The van der Waals surface area contributed by atoms with E-state index in [2.05, 4.69) is 51.0 Å². The van der Waals surface area contributed by atoms with Gasteiger partial charge in [-0.25, -0.2) is 4.98 Å². The van der Waals surface area contributed by atoms with Gasteiger partial charge in [-0.05, 0) is 36.4 Å². The zero-order chi connectivity index (χ0) is 17.2. The summed E-state index contributed by atoms with van der Waals surface area (Å²) in [6.07, 6.45) is 2.03. The summed E-state index contributed by atoms with van der Waals surface area (Å²) in [4.78, 5) is 6.93. The predicted molar refractivity (Wildman–Crippen MR) is 105 cm³/mol. The molecule has 2 aromatic heterocycles. The quantitative estimate of drug-likeness (QED) is 0.583. The van der Waals surface area contributed by atoms with Gasteiger partial charge < -0.3 is 10.2 Å². The van der Waals surface area contributed by atoms with Crippen molar-refractivity contribution < 1.29 is 0 Å². The molecule has 4 rings (SSSR count). The summed E-state index contributed by atoms with van der Waals surface area (Å²) >= 11 is 0. The number of nitrogens with zero attached hydrogens (tertiary/aromatic N) is 3. The Morgan fingerprint density at radius 3 is 2.28 bits per heavy atom. The highest BCUT2D eigenvalue weighted by atomic mass is 15.1. The van der Waals surface area contributed by atoms with E-state index in [-0.39, 0.29) is 0 Å². The van der Waals surface area contributed by atoms with Gasteiger partial charge in [-0.1, -0.05) is 36.4 Å². The van der Waals surface area contributed by atoms with Gasteiger partial charge in [0.05, 0.1) is 0 Å². The number of hydrogen-bond donors (Lipinski definition) is 1. The summed E-state index contributed by atoms with van der Waals surface area (Å²) in [7, 11) is 4.09. The third-order valence-corrected chi connectivity index (χ3v) is 4.22. The largest absolute Gasteiger partial charge is 0.378 e. The number of rotatable bonds is 4. The van der Waals surface area contributed by atoms with Gasteiger partial charge in [-0.3, -0.25) is 4.40 Å². The SMILES string of the molecule is CN(C)c1ccc(-c2nc3ccccn3c2Nc2ccccc2)cc1. The van der Waals surface area contributed by atoms with Crippen LogP contribution in [-0.2, 0) is 0 Å². The Kier molecular flexibility index (Phi) is 3.86. The summed E-state index contributed by atoms with van der Waals surface area (Å²) in [5.74, 6) is 0.972. The number of benzene rings is 2. The molecule has 25 heavy (non-hydrogen) atoms. The Morgan fingerprint density at radius 1 is 0.840 bits per heavy atom. The van der Waals surface area contributed by atoms with Crippen LogP contribution in [-0.4, -0.2) is 23.5 Å². The van der Waals surface area contributed by atoms with E-state index in [0.717, 1.165) is 28.4 Å². The van der Waals surface area contributed by atoms with E-state index < -0.39 is 0 Å². The minimum atomic E-state index is 0.924. The lowest BCUT2D eigenvalue weighted by molar-refractivity contribution is 1.13. The van der Waals surface area contributed by atoms with Crippen LogP contribution in [0.1, 0.15) is 0 Å². The van der Waals surface area contributed by atoms with Crippen LogP contribution in [0.25, 0.3) is 16.9 Å². The highest BCUT2D eigenvalue weighted by Gasteiger charge is 2.14. The van der Waals surface area contributed by atoms with E-state index in [9.17, 15) is 0 Å². The number of para-hydroxylation sites is 1. The minimum Gasteiger partial charge on any atom is -0.378 e. The van der Waals surface area contributed by atoms with Gasteiger partial charge in [0, 0.05) is 37.2 Å². The van der Waals surface area contributed by atoms with Crippen molar-refractivity contribution in [2.24, 2.45) is 0 Å². The number of imidazole rings is 1. The maximum atomic E-state index is 4.84. The van der Waals surface area contributed by atoms with Crippen LogP contribution in [0.5, 0.6) is 0 Å². The maximum absolute atomic E-state index is 4.84. The zero-order valence-corrected chi connectivity index (χ0v) is 14.3. The number of pyridine rings is 1.